The number of hydrogen-bond donors (Lipinski definition) is 2. The fourth-order valence-electron chi connectivity index (χ4n) is 4.35. The highest BCUT2D eigenvalue weighted by Gasteiger charge is 2.29. The molecule has 1 aliphatic rings. The number of halogens is 1. The number of benzene rings is 1. The van der Waals surface area contributed by atoms with Crippen LogP contribution in [0.25, 0.3) is 22.4 Å². The van der Waals surface area contributed by atoms with Crippen LogP contribution in [0.2, 0.25) is 5.02 Å². The van der Waals surface area contributed by atoms with Crippen LogP contribution in [-0.2, 0) is 4.74 Å². The van der Waals surface area contributed by atoms with E-state index >= 15 is 0 Å². The van der Waals surface area contributed by atoms with E-state index in [9.17, 15) is 9.59 Å². The molecule has 2 aromatic heterocycles. The first kappa shape index (κ1) is 23.1. The Kier molecular flexibility index (Phi) is 6.61. The highest BCUT2D eigenvalue weighted by molar-refractivity contribution is 6.30. The summed E-state index contributed by atoms with van der Waals surface area (Å²) >= 11 is 6.07. The lowest BCUT2D eigenvalue weighted by molar-refractivity contribution is 0.0487. The van der Waals surface area contributed by atoms with Crippen molar-refractivity contribution in [2.24, 2.45) is 0 Å². The van der Waals surface area contributed by atoms with Crippen LogP contribution in [0.5, 0.6) is 0 Å². The molecule has 8 heteroatoms. The zero-order valence-electron chi connectivity index (χ0n) is 19.1. The topological polar surface area (TPSA) is 89.0 Å². The lowest BCUT2D eigenvalue weighted by atomic mass is 9.90. The minimum Gasteiger partial charge on any atom is -0.444 e. The molecule has 1 amide bonds. The van der Waals surface area contributed by atoms with Crippen molar-refractivity contribution in [1.29, 1.82) is 0 Å². The number of carbonyl (C=O) groups is 1. The standard InChI is InChI=1S/C25H29ClN4O3/c1-25(2,3)33-24(32)28-19-8-10-20(11-9-19)30-22(17-12-14-27-15-13-17)21(23(31)29-30)16-4-6-18(26)7-5-16/h4-7,12-15,19-20H,8-11H2,1-3H3,(H,28,32)(H,29,31). The van der Waals surface area contributed by atoms with Gasteiger partial charge in [0.2, 0.25) is 0 Å². The minimum atomic E-state index is -0.524. The van der Waals surface area contributed by atoms with E-state index in [1.165, 1.54) is 0 Å². The number of carbonyl (C=O) groups excluding carboxylic acids is 1. The van der Waals surface area contributed by atoms with Crippen molar-refractivity contribution >= 4 is 17.7 Å². The minimum absolute atomic E-state index is 0.0542. The van der Waals surface area contributed by atoms with Crippen molar-refractivity contribution in [1.82, 2.24) is 20.1 Å². The molecule has 0 bridgehead atoms. The van der Waals surface area contributed by atoms with Crippen molar-refractivity contribution in [2.45, 2.75) is 64.1 Å². The Morgan fingerprint density at radius 2 is 1.70 bits per heavy atom. The van der Waals surface area contributed by atoms with E-state index in [1.54, 1.807) is 24.5 Å². The Bertz CT molecular complexity index is 1160. The zero-order valence-corrected chi connectivity index (χ0v) is 19.9. The predicted molar refractivity (Wildman–Crippen MR) is 129 cm³/mol. The number of aromatic nitrogens is 3. The molecular weight excluding hydrogens is 440 g/mol. The van der Waals surface area contributed by atoms with Crippen LogP contribution in [0.15, 0.2) is 53.6 Å². The molecule has 3 aromatic rings. The van der Waals surface area contributed by atoms with Gasteiger partial charge in [-0.15, -0.1) is 0 Å². The number of nitrogens with one attached hydrogen (secondary N) is 2. The number of H-pyrrole nitrogens is 1. The predicted octanol–water partition coefficient (Wildman–Crippen LogP) is 5.57. The summed E-state index contributed by atoms with van der Waals surface area (Å²) in [7, 11) is 0. The summed E-state index contributed by atoms with van der Waals surface area (Å²) in [5.41, 5.74) is 2.52. The number of alkyl carbamates (subject to hydrolysis) is 1. The van der Waals surface area contributed by atoms with Crippen molar-refractivity contribution in [3.8, 4) is 22.4 Å². The van der Waals surface area contributed by atoms with Crippen LogP contribution in [0, 0.1) is 0 Å². The summed E-state index contributed by atoms with van der Waals surface area (Å²) in [5, 5.41) is 6.68. The molecule has 0 atom stereocenters. The quantitative estimate of drug-likeness (QED) is 0.524. The van der Waals surface area contributed by atoms with Gasteiger partial charge in [0.15, 0.2) is 0 Å². The molecule has 1 aromatic carbocycles. The maximum absolute atomic E-state index is 13.1. The first-order valence-electron chi connectivity index (χ1n) is 11.2. The molecule has 1 saturated carbocycles. The average molecular weight is 469 g/mol. The first-order valence-corrected chi connectivity index (χ1v) is 11.6. The second-order valence-electron chi connectivity index (χ2n) is 9.43. The van der Waals surface area contributed by atoms with Gasteiger partial charge in [0.05, 0.1) is 17.3 Å². The fraction of sp³-hybridized carbons (Fsp3) is 0.400. The lowest BCUT2D eigenvalue weighted by Crippen LogP contribution is -2.41. The Labute approximate surface area is 198 Å². The highest BCUT2D eigenvalue weighted by Crippen LogP contribution is 2.36. The van der Waals surface area contributed by atoms with E-state index < -0.39 is 5.60 Å². The smallest absolute Gasteiger partial charge is 0.407 e. The van der Waals surface area contributed by atoms with Gasteiger partial charge in [-0.1, -0.05) is 23.7 Å². The number of amides is 1. The molecule has 0 aliphatic heterocycles. The summed E-state index contributed by atoms with van der Waals surface area (Å²) in [6.07, 6.45) is 6.32. The summed E-state index contributed by atoms with van der Waals surface area (Å²) in [6.45, 7) is 5.56. The number of rotatable bonds is 4. The van der Waals surface area contributed by atoms with Crippen LogP contribution >= 0.6 is 11.6 Å². The Balaban J connectivity index is 1.60. The number of aromatic amines is 1. The molecule has 33 heavy (non-hydrogen) atoms. The number of pyridine rings is 1. The Hall–Kier alpha value is -3.06. The van der Waals surface area contributed by atoms with E-state index in [1.807, 2.05) is 49.7 Å². The molecule has 0 unspecified atom stereocenters. The van der Waals surface area contributed by atoms with E-state index in [2.05, 4.69) is 15.4 Å². The van der Waals surface area contributed by atoms with Crippen LogP contribution in [0.4, 0.5) is 4.79 Å². The summed E-state index contributed by atoms with van der Waals surface area (Å²) in [5.74, 6) is 0. The molecule has 2 heterocycles. The van der Waals surface area contributed by atoms with Crippen molar-refractivity contribution in [3.05, 3.63) is 64.2 Å². The van der Waals surface area contributed by atoms with E-state index in [-0.39, 0.29) is 23.7 Å². The third-order valence-electron chi connectivity index (χ3n) is 5.80. The molecular formula is C25H29ClN4O3. The van der Waals surface area contributed by atoms with E-state index in [0.717, 1.165) is 42.5 Å². The second-order valence-corrected chi connectivity index (χ2v) is 9.87. The Morgan fingerprint density at radius 3 is 2.30 bits per heavy atom. The maximum Gasteiger partial charge on any atom is 0.407 e. The third kappa shape index (κ3) is 5.47. The van der Waals surface area contributed by atoms with E-state index in [4.69, 9.17) is 16.3 Å². The van der Waals surface area contributed by atoms with Gasteiger partial charge in [0, 0.05) is 29.0 Å². The molecule has 7 nitrogen and oxygen atoms in total. The fourth-order valence-corrected chi connectivity index (χ4v) is 4.48. The first-order chi connectivity index (χ1) is 15.7. The summed E-state index contributed by atoms with van der Waals surface area (Å²) < 4.78 is 7.38. The molecule has 0 saturated heterocycles. The summed E-state index contributed by atoms with van der Waals surface area (Å²) in [6, 6.07) is 11.3. The number of ether oxygens (including phenoxy) is 1. The largest absolute Gasteiger partial charge is 0.444 e. The van der Waals surface area contributed by atoms with Crippen LogP contribution in [-0.4, -0.2) is 32.5 Å². The van der Waals surface area contributed by atoms with Crippen LogP contribution in [0.1, 0.15) is 52.5 Å². The van der Waals surface area contributed by atoms with Gasteiger partial charge < -0.3 is 10.1 Å². The van der Waals surface area contributed by atoms with Crippen LogP contribution in [0.3, 0.4) is 0 Å². The van der Waals surface area contributed by atoms with Gasteiger partial charge in [-0.2, -0.15) is 0 Å². The SMILES string of the molecule is CC(C)(C)OC(=O)NC1CCC(n2[nH]c(=O)c(-c3ccc(Cl)cc3)c2-c2ccncc2)CC1. The number of hydrogen-bond acceptors (Lipinski definition) is 4. The second kappa shape index (κ2) is 9.43. The molecule has 1 fully saturated rings. The van der Waals surface area contributed by atoms with Crippen molar-refractivity contribution < 1.29 is 9.53 Å². The van der Waals surface area contributed by atoms with Crippen LogP contribution < -0.4 is 10.9 Å². The average Bonchev–Trinajstić information content (AvgIpc) is 3.11. The van der Waals surface area contributed by atoms with Crippen molar-refractivity contribution in [3.63, 3.8) is 0 Å². The van der Waals surface area contributed by atoms with E-state index in [0.29, 0.717) is 10.6 Å². The molecule has 174 valence electrons. The maximum atomic E-state index is 13.1. The van der Waals surface area contributed by atoms with Crippen molar-refractivity contribution in [2.75, 3.05) is 0 Å². The zero-order chi connectivity index (χ0) is 23.6. The van der Waals surface area contributed by atoms with Gasteiger partial charge in [-0.25, -0.2) is 4.79 Å². The van der Waals surface area contributed by atoms with Gasteiger partial charge in [0.1, 0.15) is 5.60 Å². The lowest BCUT2D eigenvalue weighted by Gasteiger charge is -2.31. The summed E-state index contributed by atoms with van der Waals surface area (Å²) in [4.78, 5) is 29.4. The third-order valence-corrected chi connectivity index (χ3v) is 6.05. The number of nitrogens with zero attached hydrogens (tertiary/aromatic N) is 2. The monoisotopic (exact) mass is 468 g/mol. The normalized spacial score (nSPS) is 18.7. The molecule has 4 rings (SSSR count). The Morgan fingerprint density at radius 1 is 1.06 bits per heavy atom. The molecule has 0 spiro atoms. The molecule has 0 radical (unpaired) electrons. The highest BCUT2D eigenvalue weighted by atomic mass is 35.5. The molecule has 2 N–H and O–H groups in total. The van der Waals surface area contributed by atoms with Gasteiger partial charge >= 0.3 is 6.09 Å². The van der Waals surface area contributed by atoms with Gasteiger partial charge in [0.25, 0.3) is 5.56 Å². The van der Waals surface area contributed by atoms with Gasteiger partial charge in [-0.05, 0) is 76.3 Å². The molecule has 1 aliphatic carbocycles. The van der Waals surface area contributed by atoms with Gasteiger partial charge in [-0.3, -0.25) is 19.6 Å².